The van der Waals surface area contributed by atoms with Crippen LogP contribution in [0.15, 0.2) is 18.2 Å². The third-order valence-corrected chi connectivity index (χ3v) is 6.07. The summed E-state index contributed by atoms with van der Waals surface area (Å²) in [6, 6.07) is 4.56. The molecule has 1 fully saturated rings. The summed E-state index contributed by atoms with van der Waals surface area (Å²) in [6.07, 6.45) is 0.543. The molecule has 0 spiro atoms. The number of nitrogens with zero attached hydrogens (tertiary/aromatic N) is 4. The fraction of sp³-hybridized carbons (Fsp3) is 0.458. The lowest BCUT2D eigenvalue weighted by atomic mass is 10.1. The monoisotopic (exact) mass is 512 g/mol. The molecule has 0 bridgehead atoms. The normalized spacial score (nSPS) is 13.3. The highest BCUT2D eigenvalue weighted by molar-refractivity contribution is 6.04. The number of methoxy groups -OCH3 is 1. The van der Waals surface area contributed by atoms with Gasteiger partial charge >= 0.3 is 6.03 Å². The number of rotatable bonds is 11. The van der Waals surface area contributed by atoms with Crippen molar-refractivity contribution in [1.29, 1.82) is 0 Å². The molecule has 5 N–H and O–H groups in total. The number of amides is 4. The third kappa shape index (κ3) is 5.82. The summed E-state index contributed by atoms with van der Waals surface area (Å²) in [6.45, 7) is 6.95. The van der Waals surface area contributed by atoms with Crippen LogP contribution < -0.4 is 26.4 Å². The molecule has 3 heterocycles. The average Bonchev–Trinajstić information content (AvgIpc) is 3.39. The molecular weight excluding hydrogens is 480 g/mol. The third-order valence-electron chi connectivity index (χ3n) is 6.07. The summed E-state index contributed by atoms with van der Waals surface area (Å²) >= 11 is 0. The summed E-state index contributed by atoms with van der Waals surface area (Å²) in [5, 5.41) is 12.9. The Bertz CT molecular complexity index is 1310. The van der Waals surface area contributed by atoms with Crippen molar-refractivity contribution in [2.24, 2.45) is 11.7 Å². The molecule has 0 unspecified atom stereocenters. The number of urea groups is 1. The highest BCUT2D eigenvalue weighted by Crippen LogP contribution is 2.31. The number of ether oxygens (including phenoxy) is 2. The van der Waals surface area contributed by atoms with Crippen molar-refractivity contribution >= 4 is 34.8 Å². The molecule has 13 nitrogen and oxygen atoms in total. The van der Waals surface area contributed by atoms with Gasteiger partial charge in [0, 0.05) is 37.7 Å². The van der Waals surface area contributed by atoms with E-state index in [-0.39, 0.29) is 23.5 Å². The number of primary amides is 1. The number of carbonyl (C=O) groups excluding carboxylic acids is 3. The predicted octanol–water partition coefficient (Wildman–Crippen LogP) is 1.26. The minimum atomic E-state index is -0.619. The maximum absolute atomic E-state index is 13.1. The molecule has 13 heteroatoms. The summed E-state index contributed by atoms with van der Waals surface area (Å²) < 4.78 is 14.0. The first-order valence-electron chi connectivity index (χ1n) is 12.1. The Hall–Kier alpha value is -4.13. The van der Waals surface area contributed by atoms with Gasteiger partial charge in [-0.15, -0.1) is 0 Å². The number of carbonyl (C=O) groups is 3. The molecular formula is C24H32N8O5. The molecule has 1 aromatic carbocycles. The number of imidazole rings is 1. The zero-order valence-corrected chi connectivity index (χ0v) is 21.2. The van der Waals surface area contributed by atoms with Crippen LogP contribution in [0.1, 0.15) is 39.9 Å². The standard InChI is InChI=1S/C24H32N8O5/c1-4-32-18(8-14(2)30-32)22(34)29-23-28-17-9-16(21(25)33)10-19(36-3)20(17)31(23)7-5-6-26-24(35)27-11-15-12-37-13-15/h8-10,15H,4-7,11-13H2,1-3H3,(H2,25,33)(H2,26,27,35)(H,28,29,34). The molecule has 4 rings (SSSR count). The Morgan fingerprint density at radius 1 is 1.22 bits per heavy atom. The minimum Gasteiger partial charge on any atom is -0.494 e. The Morgan fingerprint density at radius 2 is 2.00 bits per heavy atom. The number of hydrogen-bond donors (Lipinski definition) is 4. The van der Waals surface area contributed by atoms with E-state index in [0.29, 0.717) is 74.2 Å². The van der Waals surface area contributed by atoms with Gasteiger partial charge in [0.2, 0.25) is 11.9 Å². The fourth-order valence-corrected chi connectivity index (χ4v) is 4.12. The van der Waals surface area contributed by atoms with E-state index in [9.17, 15) is 14.4 Å². The van der Waals surface area contributed by atoms with Crippen molar-refractivity contribution in [3.8, 4) is 5.75 Å². The van der Waals surface area contributed by atoms with Gasteiger partial charge in [0.15, 0.2) is 0 Å². The number of fused-ring (bicyclic) bond motifs is 1. The first-order chi connectivity index (χ1) is 17.8. The number of nitrogens with one attached hydrogen (secondary N) is 3. The van der Waals surface area contributed by atoms with Gasteiger partial charge in [-0.2, -0.15) is 5.10 Å². The Morgan fingerprint density at radius 3 is 2.65 bits per heavy atom. The molecule has 0 aliphatic carbocycles. The van der Waals surface area contributed by atoms with Gasteiger partial charge in [-0.25, -0.2) is 9.78 Å². The van der Waals surface area contributed by atoms with E-state index < -0.39 is 5.91 Å². The second kappa shape index (κ2) is 11.3. The van der Waals surface area contributed by atoms with E-state index in [1.165, 1.54) is 7.11 Å². The molecule has 0 radical (unpaired) electrons. The van der Waals surface area contributed by atoms with Crippen LogP contribution in [0.4, 0.5) is 10.7 Å². The van der Waals surface area contributed by atoms with Crippen molar-refractivity contribution in [3.63, 3.8) is 0 Å². The average molecular weight is 513 g/mol. The van der Waals surface area contributed by atoms with E-state index in [1.54, 1.807) is 27.4 Å². The minimum absolute atomic E-state index is 0.238. The lowest BCUT2D eigenvalue weighted by molar-refractivity contribution is -0.0293. The molecule has 3 aromatic rings. The highest BCUT2D eigenvalue weighted by Gasteiger charge is 2.22. The first-order valence-corrected chi connectivity index (χ1v) is 12.1. The molecule has 1 saturated heterocycles. The van der Waals surface area contributed by atoms with Crippen molar-refractivity contribution in [1.82, 2.24) is 30.0 Å². The van der Waals surface area contributed by atoms with Crippen LogP contribution in [0.2, 0.25) is 0 Å². The number of hydrogen-bond acceptors (Lipinski definition) is 7. The quantitative estimate of drug-likeness (QED) is 0.280. The van der Waals surface area contributed by atoms with Gasteiger partial charge in [-0.05, 0) is 38.5 Å². The van der Waals surface area contributed by atoms with Crippen LogP contribution in [0, 0.1) is 12.8 Å². The molecule has 198 valence electrons. The van der Waals surface area contributed by atoms with E-state index in [0.717, 1.165) is 5.69 Å². The van der Waals surface area contributed by atoms with E-state index in [4.69, 9.17) is 15.2 Å². The van der Waals surface area contributed by atoms with Crippen molar-refractivity contribution in [2.45, 2.75) is 33.4 Å². The fourth-order valence-electron chi connectivity index (χ4n) is 4.12. The lowest BCUT2D eigenvalue weighted by Gasteiger charge is -2.25. The van der Waals surface area contributed by atoms with Crippen LogP contribution in [-0.4, -0.2) is 70.6 Å². The highest BCUT2D eigenvalue weighted by atomic mass is 16.5. The number of nitrogens with two attached hydrogens (primary N) is 1. The van der Waals surface area contributed by atoms with Gasteiger partial charge in [0.1, 0.15) is 17.0 Å². The van der Waals surface area contributed by atoms with Gasteiger partial charge in [0.05, 0.1) is 31.5 Å². The van der Waals surface area contributed by atoms with Gasteiger partial charge in [-0.1, -0.05) is 0 Å². The molecule has 37 heavy (non-hydrogen) atoms. The van der Waals surface area contributed by atoms with Crippen LogP contribution >= 0.6 is 0 Å². The molecule has 0 atom stereocenters. The summed E-state index contributed by atoms with van der Waals surface area (Å²) in [7, 11) is 1.48. The summed E-state index contributed by atoms with van der Waals surface area (Å²) in [5.41, 5.74) is 7.89. The Kier molecular flexibility index (Phi) is 7.92. The topological polar surface area (TPSA) is 167 Å². The maximum atomic E-state index is 13.1. The van der Waals surface area contributed by atoms with E-state index in [2.05, 4.69) is 26.0 Å². The van der Waals surface area contributed by atoms with Crippen molar-refractivity contribution < 1.29 is 23.9 Å². The second-order valence-electron chi connectivity index (χ2n) is 8.83. The van der Waals surface area contributed by atoms with E-state index in [1.807, 2.05) is 13.8 Å². The Labute approximate surface area is 213 Å². The number of aromatic nitrogens is 4. The number of benzene rings is 1. The molecule has 0 saturated carbocycles. The van der Waals surface area contributed by atoms with Crippen LogP contribution in [0.5, 0.6) is 5.75 Å². The van der Waals surface area contributed by atoms with Crippen LogP contribution in [0.3, 0.4) is 0 Å². The molecule has 1 aliphatic rings. The first kappa shape index (κ1) is 25.9. The van der Waals surface area contributed by atoms with Crippen molar-refractivity contribution in [2.75, 3.05) is 38.7 Å². The smallest absolute Gasteiger partial charge is 0.314 e. The summed E-state index contributed by atoms with van der Waals surface area (Å²) in [5.74, 6) is 0.0368. The lowest BCUT2D eigenvalue weighted by Crippen LogP contribution is -2.43. The maximum Gasteiger partial charge on any atom is 0.314 e. The molecule has 1 aliphatic heterocycles. The predicted molar refractivity (Wildman–Crippen MR) is 136 cm³/mol. The SMILES string of the molecule is CCn1nc(C)cc1C(=O)Nc1nc2cc(C(N)=O)cc(OC)c2n1CCCNC(=O)NCC1COC1. The van der Waals surface area contributed by atoms with Crippen LogP contribution in [0.25, 0.3) is 11.0 Å². The largest absolute Gasteiger partial charge is 0.494 e. The zero-order chi connectivity index (χ0) is 26.5. The number of aryl methyl sites for hydroxylation is 3. The van der Waals surface area contributed by atoms with Gasteiger partial charge < -0.3 is 30.4 Å². The number of anilines is 1. The second-order valence-corrected chi connectivity index (χ2v) is 8.83. The van der Waals surface area contributed by atoms with Gasteiger partial charge in [-0.3, -0.25) is 19.6 Å². The molecule has 4 amide bonds. The Balaban J connectivity index is 1.55. The van der Waals surface area contributed by atoms with Gasteiger partial charge in [0.25, 0.3) is 5.91 Å². The van der Waals surface area contributed by atoms with E-state index >= 15 is 0 Å². The van der Waals surface area contributed by atoms with Crippen LogP contribution in [-0.2, 0) is 17.8 Å². The van der Waals surface area contributed by atoms with Crippen molar-refractivity contribution in [3.05, 3.63) is 35.2 Å². The zero-order valence-electron chi connectivity index (χ0n) is 21.2. The summed E-state index contributed by atoms with van der Waals surface area (Å²) in [4.78, 5) is 41.6. The molecule has 2 aromatic heterocycles.